The molecule has 0 unspecified atom stereocenters. The van der Waals surface area contributed by atoms with Gasteiger partial charge in [-0.1, -0.05) is 54.6 Å². The van der Waals surface area contributed by atoms with Crippen LogP contribution < -0.4 is 18.9 Å². The molecule has 502 valence electrons. The van der Waals surface area contributed by atoms with Crippen molar-refractivity contribution in [2.45, 2.75) is 35.5 Å². The Morgan fingerprint density at radius 3 is 0.625 bits per heavy atom. The standard InChI is InChI=1S/C61H19F30NO4/c62-36-32(37(63)45(71)48(74)44(36)70)34-40(66)50(76)54(51(77)41(34)67)95-27-16-8-23(9-17-27)56(58(80,81)82,59(83,84)85)21-4-12-25(13-5-21)93-30-2-1-3-31(29(30)20-92)94-26-14-6-22(7-15-26)57(60(86,87)88,61(89,90)91)24-10-18-28(19-11-24)96-55-52(78)42(68)35(43(69)53(55)79)33-38(64)46(72)49(75)47(73)39(33)65/h1-19H. The van der Waals surface area contributed by atoms with E-state index in [9.17, 15) is 49.2 Å². The average molecular weight is 1400 g/mol. The van der Waals surface area contributed by atoms with Crippen molar-refractivity contribution >= 4 is 0 Å². The molecular weight excluding hydrogens is 1380 g/mol. The number of alkyl halides is 12. The minimum Gasteiger partial charge on any atom is -0.456 e. The maximum Gasteiger partial charge on any atom is 0.411 e. The van der Waals surface area contributed by atoms with Crippen molar-refractivity contribution in [3.8, 4) is 74.3 Å². The molecule has 0 aromatic heterocycles. The van der Waals surface area contributed by atoms with Gasteiger partial charge in [-0.3, -0.25) is 0 Å². The molecule has 35 heteroatoms. The van der Waals surface area contributed by atoms with Gasteiger partial charge in [-0.05, 0) is 82.9 Å². The van der Waals surface area contributed by atoms with E-state index in [-0.39, 0.29) is 72.8 Å². The Balaban J connectivity index is 0.967. The van der Waals surface area contributed by atoms with Crippen LogP contribution in [0.1, 0.15) is 27.8 Å². The molecule has 0 heterocycles. The molecular formula is C61H19F30NO4. The summed E-state index contributed by atoms with van der Waals surface area (Å²) < 4.78 is 463. The van der Waals surface area contributed by atoms with Crippen molar-refractivity contribution in [3.05, 3.63) is 248 Å². The van der Waals surface area contributed by atoms with E-state index < -0.39 is 236 Å². The van der Waals surface area contributed by atoms with Gasteiger partial charge in [0.2, 0.25) is 57.2 Å². The Bertz CT molecular complexity index is 4190. The summed E-state index contributed by atoms with van der Waals surface area (Å²) in [6, 6.07) is 7.71. The number of hydrogen-bond acceptors (Lipinski definition) is 5. The summed E-state index contributed by atoms with van der Waals surface area (Å²) in [5.74, 6) is -60.9. The molecule has 0 radical (unpaired) electrons. The first-order chi connectivity index (χ1) is 44.6. The highest BCUT2D eigenvalue weighted by Crippen LogP contribution is 2.59. The van der Waals surface area contributed by atoms with Crippen LogP contribution in [0.2, 0.25) is 0 Å². The first kappa shape index (κ1) is 69.9. The lowest BCUT2D eigenvalue weighted by atomic mass is 9.73. The summed E-state index contributed by atoms with van der Waals surface area (Å²) in [5.41, 5.74) is -27.8. The van der Waals surface area contributed by atoms with Crippen LogP contribution in [0.4, 0.5) is 132 Å². The minimum atomic E-state index is -6.40. The molecule has 0 N–H and O–H groups in total. The van der Waals surface area contributed by atoms with Crippen LogP contribution in [0.3, 0.4) is 0 Å². The van der Waals surface area contributed by atoms with Crippen LogP contribution in [0.5, 0.6) is 46.0 Å². The molecule has 0 aliphatic rings. The normalized spacial score (nSPS) is 12.5. The quantitative estimate of drug-likeness (QED) is 0.0617. The van der Waals surface area contributed by atoms with E-state index in [1.165, 1.54) is 0 Å². The van der Waals surface area contributed by atoms with Gasteiger partial charge in [-0.25, -0.2) is 61.5 Å². The molecule has 0 saturated carbocycles. The van der Waals surface area contributed by atoms with Gasteiger partial charge in [-0.15, -0.1) is 0 Å². The minimum absolute atomic E-state index is 0.000874. The molecule has 0 saturated heterocycles. The predicted octanol–water partition coefficient (Wildman–Crippen LogP) is 21.4. The van der Waals surface area contributed by atoms with E-state index >= 15 is 87.8 Å². The van der Waals surface area contributed by atoms with Crippen molar-refractivity contribution < 1.29 is 151 Å². The lowest BCUT2D eigenvalue weighted by Gasteiger charge is -2.38. The molecule has 0 spiro atoms. The van der Waals surface area contributed by atoms with Crippen LogP contribution in [0.25, 0.3) is 22.3 Å². The fourth-order valence-corrected chi connectivity index (χ4v) is 9.83. The summed E-state index contributed by atoms with van der Waals surface area (Å²) in [5, 5.41) is 10.1. The third-order valence-electron chi connectivity index (χ3n) is 14.2. The fourth-order valence-electron chi connectivity index (χ4n) is 9.83. The highest BCUT2D eigenvalue weighted by atomic mass is 19.4. The van der Waals surface area contributed by atoms with Gasteiger partial charge in [0, 0.05) is 0 Å². The fraction of sp³-hybridized carbons (Fsp3) is 0.0984. The maximum absolute atomic E-state index is 15.2. The van der Waals surface area contributed by atoms with Crippen LogP contribution in [-0.4, -0.2) is 24.7 Å². The van der Waals surface area contributed by atoms with Gasteiger partial charge in [0.1, 0.15) is 46.1 Å². The van der Waals surface area contributed by atoms with Crippen molar-refractivity contribution in [1.82, 2.24) is 0 Å². The van der Waals surface area contributed by atoms with Gasteiger partial charge in [0.05, 0.1) is 22.3 Å². The Hall–Kier alpha value is -10.4. The van der Waals surface area contributed by atoms with Gasteiger partial charge < -0.3 is 18.9 Å². The predicted molar refractivity (Wildman–Crippen MR) is 266 cm³/mol. The topological polar surface area (TPSA) is 60.7 Å². The largest absolute Gasteiger partial charge is 0.456 e. The number of hydrogen-bond donors (Lipinski definition) is 0. The van der Waals surface area contributed by atoms with Crippen molar-refractivity contribution in [3.63, 3.8) is 0 Å². The lowest BCUT2D eigenvalue weighted by molar-refractivity contribution is -0.290. The molecule has 0 aliphatic carbocycles. The average Bonchev–Trinajstić information content (AvgIpc) is 0.733. The van der Waals surface area contributed by atoms with Crippen LogP contribution in [-0.2, 0) is 10.8 Å². The van der Waals surface area contributed by atoms with Gasteiger partial charge in [0.25, 0.3) is 0 Å². The van der Waals surface area contributed by atoms with Crippen molar-refractivity contribution in [1.29, 1.82) is 5.26 Å². The highest BCUT2D eigenvalue weighted by molar-refractivity contribution is 5.70. The maximum atomic E-state index is 15.2. The zero-order valence-corrected chi connectivity index (χ0v) is 45.4. The van der Waals surface area contributed by atoms with E-state index in [0.29, 0.717) is 24.3 Å². The van der Waals surface area contributed by atoms with Crippen molar-refractivity contribution in [2.24, 2.45) is 0 Å². The molecule has 9 aromatic carbocycles. The first-order valence-electron chi connectivity index (χ1n) is 25.3. The molecule has 0 amide bonds. The zero-order chi connectivity index (χ0) is 71.2. The van der Waals surface area contributed by atoms with Gasteiger partial charge in [0.15, 0.2) is 69.8 Å². The second-order valence-electron chi connectivity index (χ2n) is 19.5. The van der Waals surface area contributed by atoms with Gasteiger partial charge in [-0.2, -0.15) is 75.5 Å². The summed E-state index contributed by atoms with van der Waals surface area (Å²) in [6.07, 6.45) is -25.6. The summed E-state index contributed by atoms with van der Waals surface area (Å²) in [7, 11) is 0. The molecule has 5 nitrogen and oxygen atoms in total. The lowest BCUT2D eigenvalue weighted by Crippen LogP contribution is -2.54. The number of ether oxygens (including phenoxy) is 4. The van der Waals surface area contributed by atoms with E-state index in [2.05, 4.69) is 9.47 Å². The molecule has 96 heavy (non-hydrogen) atoms. The molecule has 9 rings (SSSR count). The number of nitriles is 1. The van der Waals surface area contributed by atoms with Crippen LogP contribution in [0, 0.1) is 116 Å². The van der Waals surface area contributed by atoms with E-state index in [0.717, 1.165) is 18.2 Å². The van der Waals surface area contributed by atoms with Crippen LogP contribution in [0.15, 0.2) is 115 Å². The highest BCUT2D eigenvalue weighted by Gasteiger charge is 2.74. The molecule has 0 atom stereocenters. The monoisotopic (exact) mass is 1400 g/mol. The smallest absolute Gasteiger partial charge is 0.411 e. The molecule has 0 bridgehead atoms. The molecule has 0 fully saturated rings. The Morgan fingerprint density at radius 1 is 0.240 bits per heavy atom. The van der Waals surface area contributed by atoms with Crippen LogP contribution >= 0.6 is 0 Å². The number of halogens is 30. The molecule has 0 aliphatic heterocycles. The van der Waals surface area contributed by atoms with Gasteiger partial charge >= 0.3 is 24.7 Å². The second-order valence-corrected chi connectivity index (χ2v) is 19.5. The van der Waals surface area contributed by atoms with Crippen molar-refractivity contribution in [2.75, 3.05) is 0 Å². The van der Waals surface area contributed by atoms with E-state index in [1.54, 1.807) is 6.07 Å². The summed E-state index contributed by atoms with van der Waals surface area (Å²) in [6.45, 7) is 0. The van der Waals surface area contributed by atoms with E-state index in [4.69, 9.17) is 9.47 Å². The Morgan fingerprint density at radius 2 is 0.427 bits per heavy atom. The molecule has 9 aromatic rings. The first-order valence-corrected chi connectivity index (χ1v) is 25.3. The number of nitrogens with zero attached hydrogens (tertiary/aromatic N) is 1. The third kappa shape index (κ3) is 11.2. The SMILES string of the molecule is N#Cc1c(Oc2ccc(C(c3ccc(Oc4c(F)c(F)c(-c5c(F)c(F)c(F)c(F)c5F)c(F)c4F)cc3)(C(F)(F)F)C(F)(F)F)cc2)cccc1Oc1ccc(C(c2ccc(Oc3c(F)c(F)c(-c4c(F)c(F)c(F)c(F)c4F)c(F)c3F)cc2)(C(F)(F)F)C(F)(F)F)cc1. The second kappa shape index (κ2) is 24.7. The Labute approximate surface area is 512 Å². The summed E-state index contributed by atoms with van der Waals surface area (Å²) in [4.78, 5) is 0. The third-order valence-corrected chi connectivity index (χ3v) is 14.2. The zero-order valence-electron chi connectivity index (χ0n) is 45.4. The van der Waals surface area contributed by atoms with E-state index in [1.807, 2.05) is 0 Å². The number of rotatable bonds is 14. The Kier molecular flexibility index (Phi) is 18.0. The summed E-state index contributed by atoms with van der Waals surface area (Å²) >= 11 is 0. The number of benzene rings is 9.